The van der Waals surface area contributed by atoms with E-state index in [0.717, 1.165) is 0 Å². The summed E-state index contributed by atoms with van der Waals surface area (Å²) in [5.74, 6) is -0.638. The van der Waals surface area contributed by atoms with Gasteiger partial charge in [0.1, 0.15) is 5.75 Å². The highest BCUT2D eigenvalue weighted by atomic mass is 16.5. The Morgan fingerprint density at radius 3 is 2.67 bits per heavy atom. The monoisotopic (exact) mass is 296 g/mol. The van der Waals surface area contributed by atoms with E-state index in [0.29, 0.717) is 18.0 Å². The van der Waals surface area contributed by atoms with E-state index >= 15 is 0 Å². The first-order valence-corrected chi connectivity index (χ1v) is 6.36. The van der Waals surface area contributed by atoms with Crippen LogP contribution in [0, 0.1) is 0 Å². The molecule has 116 valence electrons. The Morgan fingerprint density at radius 2 is 2.05 bits per heavy atom. The number of hydrogen-bond acceptors (Lipinski definition) is 6. The van der Waals surface area contributed by atoms with E-state index in [1.807, 2.05) is 0 Å². The maximum atomic E-state index is 11.8. The van der Waals surface area contributed by atoms with Crippen LogP contribution >= 0.6 is 0 Å². The number of nitrogens with two attached hydrogens (primary N) is 1. The van der Waals surface area contributed by atoms with Gasteiger partial charge in [-0.1, -0.05) is 0 Å². The molecule has 1 rings (SSSR count). The van der Waals surface area contributed by atoms with Gasteiger partial charge in [-0.05, 0) is 25.1 Å². The largest absolute Gasteiger partial charge is 0.495 e. The van der Waals surface area contributed by atoms with Gasteiger partial charge < -0.3 is 25.3 Å². The fraction of sp³-hybridized carbons (Fsp3) is 0.429. The van der Waals surface area contributed by atoms with Crippen molar-refractivity contribution in [2.45, 2.75) is 13.0 Å². The second-order valence-corrected chi connectivity index (χ2v) is 4.46. The summed E-state index contributed by atoms with van der Waals surface area (Å²) >= 11 is 0. The van der Waals surface area contributed by atoms with Crippen molar-refractivity contribution in [1.29, 1.82) is 0 Å². The minimum absolute atomic E-state index is 0.155. The maximum absolute atomic E-state index is 11.8. The van der Waals surface area contributed by atoms with Crippen molar-refractivity contribution in [3.8, 4) is 5.75 Å². The first-order chi connectivity index (χ1) is 9.97. The third kappa shape index (κ3) is 5.31. The molecule has 1 unspecified atom stereocenters. The molecular formula is C14H20N2O5. The van der Waals surface area contributed by atoms with Gasteiger partial charge in [-0.3, -0.25) is 4.79 Å². The molecule has 0 saturated heterocycles. The van der Waals surface area contributed by atoms with Crippen molar-refractivity contribution in [3.05, 3.63) is 23.8 Å². The predicted molar refractivity (Wildman–Crippen MR) is 77.2 cm³/mol. The number of benzene rings is 1. The van der Waals surface area contributed by atoms with Crippen molar-refractivity contribution >= 4 is 17.6 Å². The summed E-state index contributed by atoms with van der Waals surface area (Å²) in [6, 6.07) is 4.35. The number of methoxy groups -OCH3 is 2. The standard InChI is InChI=1S/C14H20N2O5/c1-9(7-19-2)16-13(17)8-21-14(18)10-4-5-11(15)12(6-10)20-3/h4-6,9H,7-8,15H2,1-3H3,(H,16,17). The topological polar surface area (TPSA) is 99.9 Å². The van der Waals surface area contributed by atoms with Crippen LogP contribution in [0.25, 0.3) is 0 Å². The normalized spacial score (nSPS) is 11.6. The van der Waals surface area contributed by atoms with Crippen LogP contribution in [0.15, 0.2) is 18.2 Å². The number of hydrogen-bond donors (Lipinski definition) is 2. The predicted octanol–water partition coefficient (Wildman–Crippen LogP) is 0.585. The molecule has 0 saturated carbocycles. The van der Waals surface area contributed by atoms with Crippen LogP contribution in [-0.4, -0.2) is 45.4 Å². The van der Waals surface area contributed by atoms with Crippen molar-refractivity contribution in [2.75, 3.05) is 33.2 Å². The van der Waals surface area contributed by atoms with Gasteiger partial charge in [0.2, 0.25) is 0 Å². The zero-order valence-electron chi connectivity index (χ0n) is 12.3. The van der Waals surface area contributed by atoms with Crippen molar-refractivity contribution < 1.29 is 23.8 Å². The molecule has 7 heteroatoms. The maximum Gasteiger partial charge on any atom is 0.338 e. The zero-order valence-corrected chi connectivity index (χ0v) is 12.3. The van der Waals surface area contributed by atoms with E-state index in [1.54, 1.807) is 6.92 Å². The van der Waals surface area contributed by atoms with Gasteiger partial charge >= 0.3 is 5.97 Å². The zero-order chi connectivity index (χ0) is 15.8. The van der Waals surface area contributed by atoms with Crippen LogP contribution < -0.4 is 15.8 Å². The molecule has 0 aliphatic carbocycles. The fourth-order valence-electron chi connectivity index (χ4n) is 1.66. The van der Waals surface area contributed by atoms with Crippen molar-refractivity contribution in [3.63, 3.8) is 0 Å². The van der Waals surface area contributed by atoms with E-state index in [-0.39, 0.29) is 18.2 Å². The van der Waals surface area contributed by atoms with E-state index in [4.69, 9.17) is 19.9 Å². The highest BCUT2D eigenvalue weighted by molar-refractivity contribution is 5.92. The molecule has 0 spiro atoms. The molecule has 0 fully saturated rings. The number of ether oxygens (including phenoxy) is 3. The molecule has 0 heterocycles. The van der Waals surface area contributed by atoms with E-state index in [9.17, 15) is 9.59 Å². The van der Waals surface area contributed by atoms with Crippen LogP contribution in [0.4, 0.5) is 5.69 Å². The Kier molecular flexibility index (Phi) is 6.48. The third-order valence-electron chi connectivity index (χ3n) is 2.63. The van der Waals surface area contributed by atoms with E-state index in [2.05, 4.69) is 5.32 Å². The summed E-state index contributed by atoms with van der Waals surface area (Å²) in [6.07, 6.45) is 0. The van der Waals surface area contributed by atoms with Crippen molar-refractivity contribution in [1.82, 2.24) is 5.32 Å². The summed E-state index contributed by atoms with van der Waals surface area (Å²) in [7, 11) is 2.99. The summed E-state index contributed by atoms with van der Waals surface area (Å²) in [5, 5.41) is 2.63. The Labute approximate surface area is 123 Å². The molecular weight excluding hydrogens is 276 g/mol. The number of carbonyl (C=O) groups is 2. The molecule has 1 amide bonds. The Balaban J connectivity index is 2.52. The Hall–Kier alpha value is -2.28. The van der Waals surface area contributed by atoms with Gasteiger partial charge in [-0.25, -0.2) is 4.79 Å². The van der Waals surface area contributed by atoms with Gasteiger partial charge in [0.25, 0.3) is 5.91 Å². The van der Waals surface area contributed by atoms with Gasteiger partial charge in [0, 0.05) is 13.2 Å². The molecule has 3 N–H and O–H groups in total. The Bertz CT molecular complexity index is 504. The number of rotatable bonds is 7. The highest BCUT2D eigenvalue weighted by Gasteiger charge is 2.13. The second-order valence-electron chi connectivity index (χ2n) is 4.46. The number of carbonyl (C=O) groups excluding carboxylic acids is 2. The number of anilines is 1. The number of nitrogens with one attached hydrogen (secondary N) is 1. The molecule has 1 aromatic carbocycles. The molecule has 0 aliphatic rings. The summed E-state index contributed by atoms with van der Waals surface area (Å²) in [6.45, 7) is 1.81. The lowest BCUT2D eigenvalue weighted by Gasteiger charge is -2.13. The molecule has 0 aliphatic heterocycles. The average Bonchev–Trinajstić information content (AvgIpc) is 2.45. The summed E-state index contributed by atoms with van der Waals surface area (Å²) in [5.41, 5.74) is 6.33. The lowest BCUT2D eigenvalue weighted by atomic mass is 10.2. The van der Waals surface area contributed by atoms with Crippen LogP contribution in [-0.2, 0) is 14.3 Å². The summed E-state index contributed by atoms with van der Waals surface area (Å²) < 4.78 is 14.8. The van der Waals surface area contributed by atoms with Gasteiger partial charge in [0.05, 0.1) is 25.0 Å². The van der Waals surface area contributed by atoms with Gasteiger partial charge in [-0.2, -0.15) is 0 Å². The lowest BCUT2D eigenvalue weighted by molar-refractivity contribution is -0.125. The Morgan fingerprint density at radius 1 is 1.33 bits per heavy atom. The number of nitrogen functional groups attached to an aromatic ring is 1. The van der Waals surface area contributed by atoms with E-state index < -0.39 is 11.9 Å². The summed E-state index contributed by atoms with van der Waals surface area (Å²) in [4.78, 5) is 23.4. The number of esters is 1. The van der Waals surface area contributed by atoms with Gasteiger partial charge in [-0.15, -0.1) is 0 Å². The fourth-order valence-corrected chi connectivity index (χ4v) is 1.66. The van der Waals surface area contributed by atoms with Crippen molar-refractivity contribution in [2.24, 2.45) is 0 Å². The molecule has 0 bridgehead atoms. The molecule has 7 nitrogen and oxygen atoms in total. The first kappa shape index (κ1) is 16.8. The van der Waals surface area contributed by atoms with Crippen LogP contribution in [0.3, 0.4) is 0 Å². The average molecular weight is 296 g/mol. The van der Waals surface area contributed by atoms with Crippen LogP contribution in [0.2, 0.25) is 0 Å². The molecule has 0 aromatic heterocycles. The highest BCUT2D eigenvalue weighted by Crippen LogP contribution is 2.22. The van der Waals surface area contributed by atoms with E-state index in [1.165, 1.54) is 32.4 Å². The van der Waals surface area contributed by atoms with Crippen LogP contribution in [0.5, 0.6) is 5.75 Å². The second kappa shape index (κ2) is 8.11. The quantitative estimate of drug-likeness (QED) is 0.564. The van der Waals surface area contributed by atoms with Crippen LogP contribution in [0.1, 0.15) is 17.3 Å². The smallest absolute Gasteiger partial charge is 0.338 e. The molecule has 1 aromatic rings. The SMILES string of the molecule is COCC(C)NC(=O)COC(=O)c1ccc(N)c(OC)c1. The van der Waals surface area contributed by atoms with Gasteiger partial charge in [0.15, 0.2) is 6.61 Å². The molecule has 0 radical (unpaired) electrons. The third-order valence-corrected chi connectivity index (χ3v) is 2.63. The first-order valence-electron chi connectivity index (χ1n) is 6.36. The number of amides is 1. The minimum atomic E-state index is -0.622. The minimum Gasteiger partial charge on any atom is -0.495 e. The lowest BCUT2D eigenvalue weighted by Crippen LogP contribution is -2.38. The molecule has 1 atom stereocenters. The molecule has 21 heavy (non-hydrogen) atoms.